The van der Waals surface area contributed by atoms with Gasteiger partial charge in [0.1, 0.15) is 5.52 Å². The van der Waals surface area contributed by atoms with Gasteiger partial charge in [-0.3, -0.25) is 4.79 Å². The van der Waals surface area contributed by atoms with Gasteiger partial charge in [0.2, 0.25) is 11.1 Å². The number of hydrogen-bond acceptors (Lipinski definition) is 5. The summed E-state index contributed by atoms with van der Waals surface area (Å²) in [5.74, 6) is 0.0886. The van der Waals surface area contributed by atoms with E-state index in [9.17, 15) is 4.79 Å². The molecular formula is C18H13Br2N5OS. The summed E-state index contributed by atoms with van der Waals surface area (Å²) >= 11 is 8.11. The quantitative estimate of drug-likeness (QED) is 0.403. The molecule has 0 saturated carbocycles. The van der Waals surface area contributed by atoms with E-state index in [1.807, 2.05) is 54.1 Å². The zero-order chi connectivity index (χ0) is 19.0. The number of anilines is 1. The molecule has 4 rings (SSSR count). The second-order valence-electron chi connectivity index (χ2n) is 5.83. The first-order chi connectivity index (χ1) is 13.0. The molecule has 0 aliphatic carbocycles. The van der Waals surface area contributed by atoms with Gasteiger partial charge in [-0.2, -0.15) is 0 Å². The largest absolute Gasteiger partial charge is 0.327 e. The normalized spacial score (nSPS) is 11.2. The van der Waals surface area contributed by atoms with Crippen LogP contribution in [0.25, 0.3) is 22.1 Å². The molecule has 0 aliphatic rings. The smallest absolute Gasteiger partial charge is 0.234 e. The van der Waals surface area contributed by atoms with E-state index in [4.69, 9.17) is 0 Å². The summed E-state index contributed by atoms with van der Waals surface area (Å²) in [4.78, 5) is 16.7. The van der Waals surface area contributed by atoms with Gasteiger partial charge in [0.15, 0.2) is 5.65 Å². The molecule has 9 heteroatoms. The molecule has 0 saturated heterocycles. The summed E-state index contributed by atoms with van der Waals surface area (Å²) in [5, 5.41) is 12.8. The van der Waals surface area contributed by atoms with Crippen molar-refractivity contribution in [3.05, 3.63) is 51.4 Å². The molecule has 0 bridgehead atoms. The maximum Gasteiger partial charge on any atom is 0.234 e. The van der Waals surface area contributed by atoms with Crippen molar-refractivity contribution in [2.24, 2.45) is 7.05 Å². The lowest BCUT2D eigenvalue weighted by Crippen LogP contribution is -2.14. The van der Waals surface area contributed by atoms with Crippen molar-refractivity contribution in [2.45, 2.75) is 5.16 Å². The highest BCUT2D eigenvalue weighted by Gasteiger charge is 2.14. The first-order valence-electron chi connectivity index (χ1n) is 7.98. The number of nitrogens with zero attached hydrogens (tertiary/aromatic N) is 4. The fourth-order valence-electron chi connectivity index (χ4n) is 2.74. The van der Waals surface area contributed by atoms with Crippen molar-refractivity contribution in [1.82, 2.24) is 19.7 Å². The predicted octanol–water partition coefficient (Wildman–Crippen LogP) is 4.77. The second-order valence-corrected chi connectivity index (χ2v) is 8.60. The molecule has 0 aliphatic heterocycles. The number of hydrogen-bond donors (Lipinski definition) is 1. The lowest BCUT2D eigenvalue weighted by Gasteiger charge is -2.04. The summed E-state index contributed by atoms with van der Waals surface area (Å²) in [7, 11) is 1.95. The standard InChI is InChI=1S/C18H13Br2N5OS/c1-25-14-7-4-11(20)8-13(14)16-17(25)22-18(24-23-16)27-9-15(26)21-12-5-2-10(19)3-6-12/h2-8H,9H2,1H3,(H,21,26). The molecule has 4 aromatic rings. The first kappa shape index (κ1) is 18.4. The van der Waals surface area contributed by atoms with Crippen LogP contribution in [0.3, 0.4) is 0 Å². The zero-order valence-electron chi connectivity index (χ0n) is 14.1. The van der Waals surface area contributed by atoms with E-state index < -0.39 is 0 Å². The Morgan fingerprint density at radius 1 is 1.11 bits per heavy atom. The number of benzene rings is 2. The molecule has 6 nitrogen and oxygen atoms in total. The van der Waals surface area contributed by atoms with E-state index in [1.54, 1.807) is 0 Å². The van der Waals surface area contributed by atoms with Crippen LogP contribution in [0.5, 0.6) is 0 Å². The Hall–Kier alpha value is -1.97. The first-order valence-corrected chi connectivity index (χ1v) is 10.5. The third-order valence-electron chi connectivity index (χ3n) is 4.00. The Balaban J connectivity index is 1.52. The lowest BCUT2D eigenvalue weighted by atomic mass is 10.2. The van der Waals surface area contributed by atoms with E-state index in [2.05, 4.69) is 52.4 Å². The van der Waals surface area contributed by atoms with Crippen molar-refractivity contribution >= 4 is 77.3 Å². The predicted molar refractivity (Wildman–Crippen MR) is 115 cm³/mol. The van der Waals surface area contributed by atoms with E-state index >= 15 is 0 Å². The third-order valence-corrected chi connectivity index (χ3v) is 5.86. The number of carbonyl (C=O) groups is 1. The van der Waals surface area contributed by atoms with Crippen molar-refractivity contribution in [3.63, 3.8) is 0 Å². The maximum absolute atomic E-state index is 12.1. The maximum atomic E-state index is 12.1. The number of nitrogens with one attached hydrogen (secondary N) is 1. The Labute approximate surface area is 176 Å². The Bertz CT molecular complexity index is 1160. The minimum Gasteiger partial charge on any atom is -0.327 e. The number of carbonyl (C=O) groups excluding carboxylic acids is 1. The molecule has 0 radical (unpaired) electrons. The van der Waals surface area contributed by atoms with E-state index in [-0.39, 0.29) is 11.7 Å². The van der Waals surface area contributed by atoms with E-state index in [0.29, 0.717) is 5.16 Å². The summed E-state index contributed by atoms with van der Waals surface area (Å²) in [6.07, 6.45) is 0. The van der Waals surface area contributed by atoms with Gasteiger partial charge in [0, 0.05) is 27.1 Å². The zero-order valence-corrected chi connectivity index (χ0v) is 18.1. The fraction of sp³-hybridized carbons (Fsp3) is 0.111. The van der Waals surface area contributed by atoms with E-state index in [1.165, 1.54) is 11.8 Å². The number of thioether (sulfide) groups is 1. The van der Waals surface area contributed by atoms with Crippen molar-refractivity contribution in [3.8, 4) is 0 Å². The van der Waals surface area contributed by atoms with Gasteiger partial charge < -0.3 is 9.88 Å². The fourth-order valence-corrected chi connectivity index (χ4v) is 3.94. The van der Waals surface area contributed by atoms with Gasteiger partial charge in [-0.05, 0) is 42.5 Å². The minimum atomic E-state index is -0.119. The van der Waals surface area contributed by atoms with Crippen LogP contribution in [0.1, 0.15) is 0 Å². The highest BCUT2D eigenvalue weighted by molar-refractivity contribution is 9.10. The van der Waals surface area contributed by atoms with Gasteiger partial charge in [-0.25, -0.2) is 4.98 Å². The van der Waals surface area contributed by atoms with Crippen LogP contribution in [0, 0.1) is 0 Å². The van der Waals surface area contributed by atoms with Gasteiger partial charge in [-0.15, -0.1) is 10.2 Å². The SMILES string of the molecule is Cn1c2ccc(Br)cc2c2nnc(SCC(=O)Nc3ccc(Br)cc3)nc21. The molecule has 0 unspecified atom stereocenters. The number of aromatic nitrogens is 4. The van der Waals surface area contributed by atoms with Gasteiger partial charge in [0.25, 0.3) is 0 Å². The van der Waals surface area contributed by atoms with Crippen LogP contribution in [0.2, 0.25) is 0 Å². The third kappa shape index (κ3) is 3.85. The molecule has 2 aromatic heterocycles. The molecule has 0 atom stereocenters. The average molecular weight is 507 g/mol. The average Bonchev–Trinajstić information content (AvgIpc) is 2.93. The number of fused-ring (bicyclic) bond motifs is 3. The van der Waals surface area contributed by atoms with Crippen molar-refractivity contribution in [2.75, 3.05) is 11.1 Å². The van der Waals surface area contributed by atoms with Gasteiger partial charge in [-0.1, -0.05) is 43.6 Å². The highest BCUT2D eigenvalue weighted by atomic mass is 79.9. The molecule has 2 heterocycles. The Kier molecular flexibility index (Phi) is 5.16. The molecule has 1 amide bonds. The molecular weight excluding hydrogens is 494 g/mol. The highest BCUT2D eigenvalue weighted by Crippen LogP contribution is 2.28. The number of rotatable bonds is 4. The van der Waals surface area contributed by atoms with Gasteiger partial charge in [0.05, 0.1) is 11.3 Å². The Morgan fingerprint density at radius 2 is 1.85 bits per heavy atom. The van der Waals surface area contributed by atoms with Crippen molar-refractivity contribution in [1.29, 1.82) is 0 Å². The van der Waals surface area contributed by atoms with Crippen LogP contribution in [-0.2, 0) is 11.8 Å². The molecule has 0 spiro atoms. The number of amides is 1. The summed E-state index contributed by atoms with van der Waals surface area (Å²) < 4.78 is 3.93. The minimum absolute atomic E-state index is 0.119. The van der Waals surface area contributed by atoms with E-state index in [0.717, 1.165) is 36.7 Å². The monoisotopic (exact) mass is 505 g/mol. The van der Waals surface area contributed by atoms with Crippen LogP contribution < -0.4 is 5.32 Å². The number of halogens is 2. The van der Waals surface area contributed by atoms with Crippen LogP contribution in [0.15, 0.2) is 56.6 Å². The van der Waals surface area contributed by atoms with Crippen LogP contribution in [-0.4, -0.2) is 31.4 Å². The summed E-state index contributed by atoms with van der Waals surface area (Å²) in [6.45, 7) is 0. The molecule has 1 N–H and O–H groups in total. The second kappa shape index (κ2) is 7.57. The summed E-state index contributed by atoms with van der Waals surface area (Å²) in [5.41, 5.74) is 3.27. The Morgan fingerprint density at radius 3 is 2.63 bits per heavy atom. The van der Waals surface area contributed by atoms with Crippen molar-refractivity contribution < 1.29 is 4.79 Å². The van der Waals surface area contributed by atoms with Crippen LogP contribution >= 0.6 is 43.6 Å². The number of aryl methyl sites for hydroxylation is 1. The summed E-state index contributed by atoms with van der Waals surface area (Å²) in [6, 6.07) is 13.4. The molecule has 0 fully saturated rings. The molecule has 27 heavy (non-hydrogen) atoms. The topological polar surface area (TPSA) is 72.7 Å². The lowest BCUT2D eigenvalue weighted by molar-refractivity contribution is -0.113. The van der Waals surface area contributed by atoms with Crippen LogP contribution in [0.4, 0.5) is 5.69 Å². The van der Waals surface area contributed by atoms with Gasteiger partial charge >= 0.3 is 0 Å². The molecule has 2 aromatic carbocycles. The molecule has 136 valence electrons.